The molecular formula is C28H25N5S. The summed E-state index contributed by atoms with van der Waals surface area (Å²) >= 11 is 1.72. The molecule has 0 saturated carbocycles. The SMILES string of the molecule is N#Cc1cccc(-c2cn(C3CCN(c4nccs4)CC3)c3cc(Cn4cccc4)ccc23)c1. The third-order valence-electron chi connectivity index (χ3n) is 6.78. The fraction of sp³-hybridized carbons (Fsp3) is 0.214. The van der Waals surface area contributed by atoms with Crippen LogP contribution in [0, 0.1) is 11.3 Å². The molecule has 168 valence electrons. The van der Waals surface area contributed by atoms with Gasteiger partial charge in [0.15, 0.2) is 5.13 Å². The van der Waals surface area contributed by atoms with Crippen molar-refractivity contribution in [2.24, 2.45) is 0 Å². The van der Waals surface area contributed by atoms with Crippen LogP contribution < -0.4 is 4.90 Å². The van der Waals surface area contributed by atoms with Crippen molar-refractivity contribution in [1.29, 1.82) is 5.26 Å². The Morgan fingerprint density at radius 1 is 1.03 bits per heavy atom. The van der Waals surface area contributed by atoms with Crippen LogP contribution in [0.4, 0.5) is 5.13 Å². The van der Waals surface area contributed by atoms with Crippen LogP contribution in [0.2, 0.25) is 0 Å². The van der Waals surface area contributed by atoms with Gasteiger partial charge in [-0.2, -0.15) is 5.26 Å². The third kappa shape index (κ3) is 3.89. The molecule has 0 aliphatic carbocycles. The zero-order chi connectivity index (χ0) is 22.9. The van der Waals surface area contributed by atoms with Gasteiger partial charge in [-0.3, -0.25) is 0 Å². The standard InChI is InChI=1S/C28H25N5S/c29-18-21-4-3-5-23(16-21)26-20-33(24-8-13-32(14-9-24)28-30-10-15-34-28)27-17-22(6-7-25(26)27)19-31-11-1-2-12-31/h1-7,10-12,15-17,20,24H,8-9,13-14,19H2. The lowest BCUT2D eigenvalue weighted by Crippen LogP contribution is -2.34. The number of hydrogen-bond donors (Lipinski definition) is 0. The number of piperidine rings is 1. The molecule has 0 N–H and O–H groups in total. The number of nitrogens with zero attached hydrogens (tertiary/aromatic N) is 5. The van der Waals surface area contributed by atoms with E-state index in [0.29, 0.717) is 11.6 Å². The molecule has 5 nitrogen and oxygen atoms in total. The minimum absolute atomic E-state index is 0.438. The first-order valence-electron chi connectivity index (χ1n) is 11.7. The number of rotatable bonds is 5. The molecule has 34 heavy (non-hydrogen) atoms. The summed E-state index contributed by atoms with van der Waals surface area (Å²) in [6.45, 7) is 2.89. The molecule has 1 fully saturated rings. The van der Waals surface area contributed by atoms with Gasteiger partial charge in [0.1, 0.15) is 0 Å². The van der Waals surface area contributed by atoms with Crippen molar-refractivity contribution in [3.05, 3.63) is 95.9 Å². The van der Waals surface area contributed by atoms with Crippen LogP contribution in [0.5, 0.6) is 0 Å². The lowest BCUT2D eigenvalue weighted by atomic mass is 10.0. The van der Waals surface area contributed by atoms with Crippen molar-refractivity contribution in [2.45, 2.75) is 25.4 Å². The molecule has 0 atom stereocenters. The summed E-state index contributed by atoms with van der Waals surface area (Å²) < 4.78 is 4.69. The summed E-state index contributed by atoms with van der Waals surface area (Å²) in [4.78, 5) is 6.91. The maximum absolute atomic E-state index is 9.43. The lowest BCUT2D eigenvalue weighted by Gasteiger charge is -2.33. The van der Waals surface area contributed by atoms with Crippen LogP contribution in [0.25, 0.3) is 22.0 Å². The van der Waals surface area contributed by atoms with E-state index in [4.69, 9.17) is 0 Å². The van der Waals surface area contributed by atoms with Gasteiger partial charge in [0, 0.05) is 72.3 Å². The molecule has 0 bridgehead atoms. The number of thiazole rings is 1. The van der Waals surface area contributed by atoms with Gasteiger partial charge >= 0.3 is 0 Å². The second kappa shape index (κ2) is 8.85. The number of nitriles is 1. The number of aromatic nitrogens is 3. The summed E-state index contributed by atoms with van der Waals surface area (Å²) in [5.41, 5.74) is 5.55. The van der Waals surface area contributed by atoms with E-state index in [-0.39, 0.29) is 0 Å². The largest absolute Gasteiger partial charge is 0.350 e. The predicted octanol–water partition coefficient (Wildman–Crippen LogP) is 6.33. The van der Waals surface area contributed by atoms with Gasteiger partial charge in [0.2, 0.25) is 0 Å². The molecule has 1 aliphatic heterocycles. The van der Waals surface area contributed by atoms with Crippen molar-refractivity contribution in [2.75, 3.05) is 18.0 Å². The fourth-order valence-corrected chi connectivity index (χ4v) is 5.77. The Bertz CT molecular complexity index is 1450. The van der Waals surface area contributed by atoms with Gasteiger partial charge < -0.3 is 14.0 Å². The topological polar surface area (TPSA) is 49.8 Å². The zero-order valence-electron chi connectivity index (χ0n) is 18.8. The molecule has 0 radical (unpaired) electrons. The summed E-state index contributed by atoms with van der Waals surface area (Å²) in [5.74, 6) is 0. The molecule has 5 aromatic rings. The highest BCUT2D eigenvalue weighted by Gasteiger charge is 2.24. The van der Waals surface area contributed by atoms with Crippen LogP contribution in [-0.4, -0.2) is 27.2 Å². The van der Waals surface area contributed by atoms with Crippen LogP contribution in [0.15, 0.2) is 84.8 Å². The normalized spacial score (nSPS) is 14.5. The van der Waals surface area contributed by atoms with Crippen molar-refractivity contribution >= 4 is 27.4 Å². The summed E-state index contributed by atoms with van der Waals surface area (Å²) in [6, 6.07) is 21.6. The molecule has 1 aliphatic rings. The van der Waals surface area contributed by atoms with E-state index in [1.807, 2.05) is 24.4 Å². The Labute approximate surface area is 203 Å². The fourth-order valence-electron chi connectivity index (χ4n) is 5.08. The first-order chi connectivity index (χ1) is 16.8. The molecule has 2 aromatic carbocycles. The highest BCUT2D eigenvalue weighted by Crippen LogP contribution is 2.37. The molecule has 0 amide bonds. The Morgan fingerprint density at radius 2 is 1.88 bits per heavy atom. The Morgan fingerprint density at radius 3 is 2.65 bits per heavy atom. The summed E-state index contributed by atoms with van der Waals surface area (Å²) in [6.07, 6.45) is 10.6. The highest BCUT2D eigenvalue weighted by atomic mass is 32.1. The summed E-state index contributed by atoms with van der Waals surface area (Å²) in [5, 5.41) is 13.8. The van der Waals surface area contributed by atoms with E-state index >= 15 is 0 Å². The van der Waals surface area contributed by atoms with Gasteiger partial charge in [-0.15, -0.1) is 11.3 Å². The average Bonchev–Trinajstić information content (AvgIpc) is 3.66. The lowest BCUT2D eigenvalue weighted by molar-refractivity contribution is 0.405. The molecule has 6 rings (SSSR count). The molecule has 6 heteroatoms. The first-order valence-corrected chi connectivity index (χ1v) is 12.6. The molecule has 3 aromatic heterocycles. The molecular weight excluding hydrogens is 438 g/mol. The second-order valence-corrected chi connectivity index (χ2v) is 9.76. The van der Waals surface area contributed by atoms with E-state index in [0.717, 1.165) is 43.2 Å². The van der Waals surface area contributed by atoms with Crippen molar-refractivity contribution in [3.63, 3.8) is 0 Å². The number of hydrogen-bond acceptors (Lipinski definition) is 4. The minimum atomic E-state index is 0.438. The number of fused-ring (bicyclic) bond motifs is 1. The average molecular weight is 464 g/mol. The smallest absolute Gasteiger partial charge is 0.185 e. The van der Waals surface area contributed by atoms with Gasteiger partial charge in [0.05, 0.1) is 11.6 Å². The number of anilines is 1. The monoisotopic (exact) mass is 463 g/mol. The second-order valence-electron chi connectivity index (χ2n) is 8.88. The Balaban J connectivity index is 1.39. The van der Waals surface area contributed by atoms with Crippen molar-refractivity contribution < 1.29 is 0 Å². The number of benzene rings is 2. The van der Waals surface area contributed by atoms with Gasteiger partial charge in [-0.05, 0) is 54.3 Å². The Hall–Kier alpha value is -3.82. The minimum Gasteiger partial charge on any atom is -0.350 e. The zero-order valence-corrected chi connectivity index (χ0v) is 19.7. The van der Waals surface area contributed by atoms with Crippen molar-refractivity contribution in [3.8, 4) is 17.2 Å². The summed E-state index contributed by atoms with van der Waals surface area (Å²) in [7, 11) is 0. The Kier molecular flexibility index (Phi) is 5.40. The van der Waals surface area contributed by atoms with Gasteiger partial charge in [0.25, 0.3) is 0 Å². The van der Waals surface area contributed by atoms with Gasteiger partial charge in [-0.25, -0.2) is 4.98 Å². The van der Waals surface area contributed by atoms with E-state index in [2.05, 4.69) is 85.5 Å². The molecule has 1 saturated heterocycles. The maximum atomic E-state index is 9.43. The third-order valence-corrected chi connectivity index (χ3v) is 7.61. The molecule has 0 unspecified atom stereocenters. The highest BCUT2D eigenvalue weighted by molar-refractivity contribution is 7.13. The predicted molar refractivity (Wildman–Crippen MR) is 138 cm³/mol. The van der Waals surface area contributed by atoms with E-state index in [1.54, 1.807) is 11.3 Å². The van der Waals surface area contributed by atoms with E-state index in [9.17, 15) is 5.26 Å². The van der Waals surface area contributed by atoms with E-state index < -0.39 is 0 Å². The van der Waals surface area contributed by atoms with Crippen LogP contribution in [0.3, 0.4) is 0 Å². The first kappa shape index (κ1) is 20.8. The maximum Gasteiger partial charge on any atom is 0.185 e. The van der Waals surface area contributed by atoms with Gasteiger partial charge in [-0.1, -0.05) is 24.3 Å². The van der Waals surface area contributed by atoms with Crippen LogP contribution in [0.1, 0.15) is 30.0 Å². The molecule has 4 heterocycles. The quantitative estimate of drug-likeness (QED) is 0.306. The molecule has 0 spiro atoms. The van der Waals surface area contributed by atoms with E-state index in [1.165, 1.54) is 22.0 Å². The van der Waals surface area contributed by atoms with Crippen LogP contribution >= 0.6 is 11.3 Å². The van der Waals surface area contributed by atoms with Crippen molar-refractivity contribution in [1.82, 2.24) is 14.1 Å². The van der Waals surface area contributed by atoms with Crippen LogP contribution in [-0.2, 0) is 6.54 Å².